The van der Waals surface area contributed by atoms with Crippen LogP contribution in [0.1, 0.15) is 35.2 Å². The molecule has 1 amide bonds. The number of nitrogens with zero attached hydrogens (tertiary/aromatic N) is 2. The highest BCUT2D eigenvalue weighted by atomic mass is 16.7. The van der Waals surface area contributed by atoms with Crippen LogP contribution in [0, 0.1) is 0 Å². The van der Waals surface area contributed by atoms with E-state index in [4.69, 9.17) is 9.57 Å². The van der Waals surface area contributed by atoms with Crippen molar-refractivity contribution in [3.63, 3.8) is 0 Å². The maximum Gasteiger partial charge on any atom is 0.279 e. The second-order valence-corrected chi connectivity index (χ2v) is 6.18. The number of aromatic nitrogens is 1. The summed E-state index contributed by atoms with van der Waals surface area (Å²) >= 11 is 0. The van der Waals surface area contributed by atoms with Crippen LogP contribution in [-0.2, 0) is 11.3 Å². The fourth-order valence-corrected chi connectivity index (χ4v) is 3.16. The summed E-state index contributed by atoms with van der Waals surface area (Å²) in [6.45, 7) is 1.98. The lowest BCUT2D eigenvalue weighted by Crippen LogP contribution is -2.31. The molecule has 24 heavy (non-hydrogen) atoms. The third kappa shape index (κ3) is 2.99. The van der Waals surface area contributed by atoms with Crippen LogP contribution in [0.3, 0.4) is 0 Å². The van der Waals surface area contributed by atoms with E-state index in [1.165, 1.54) is 10.6 Å². The van der Waals surface area contributed by atoms with Crippen LogP contribution in [0.25, 0.3) is 11.1 Å². The van der Waals surface area contributed by atoms with Gasteiger partial charge in [0.2, 0.25) is 0 Å². The lowest BCUT2D eigenvalue weighted by atomic mass is 10.0. The number of pyridine rings is 1. The number of carbonyl (C=O) groups is 1. The van der Waals surface area contributed by atoms with Crippen LogP contribution in [0.5, 0.6) is 5.75 Å². The first kappa shape index (κ1) is 15.1. The normalized spacial score (nSPS) is 17.1. The number of benzene rings is 1. The molecule has 2 aromatic rings. The molecule has 4 rings (SSSR count). The molecule has 5 heteroatoms. The van der Waals surface area contributed by atoms with Crippen molar-refractivity contribution in [2.24, 2.45) is 0 Å². The molecule has 5 nitrogen and oxygen atoms in total. The predicted octanol–water partition coefficient (Wildman–Crippen LogP) is 3.24. The summed E-state index contributed by atoms with van der Waals surface area (Å²) in [5.41, 5.74) is 3.76. The predicted molar refractivity (Wildman–Crippen MR) is 89.7 cm³/mol. The summed E-state index contributed by atoms with van der Waals surface area (Å²) in [5.74, 6) is 0.840. The molecule has 2 aliphatic heterocycles. The number of rotatable bonds is 2. The van der Waals surface area contributed by atoms with E-state index in [-0.39, 0.29) is 5.91 Å². The Hall–Kier alpha value is -2.40. The highest BCUT2D eigenvalue weighted by Gasteiger charge is 2.20. The van der Waals surface area contributed by atoms with Crippen molar-refractivity contribution < 1.29 is 14.4 Å². The van der Waals surface area contributed by atoms with E-state index in [0.29, 0.717) is 18.7 Å². The minimum absolute atomic E-state index is 0.115. The van der Waals surface area contributed by atoms with Crippen LogP contribution in [0.15, 0.2) is 36.7 Å². The van der Waals surface area contributed by atoms with Crippen LogP contribution in [0.4, 0.5) is 0 Å². The van der Waals surface area contributed by atoms with Gasteiger partial charge in [-0.2, -0.15) is 0 Å². The minimum Gasteiger partial charge on any atom is -0.493 e. The molecule has 0 aliphatic carbocycles. The molecular weight excluding hydrogens is 304 g/mol. The molecule has 0 radical (unpaired) electrons. The molecule has 2 aliphatic rings. The average molecular weight is 324 g/mol. The first-order valence-corrected chi connectivity index (χ1v) is 8.47. The lowest BCUT2D eigenvalue weighted by molar-refractivity contribution is -0.115. The highest BCUT2D eigenvalue weighted by Crippen LogP contribution is 2.30. The largest absolute Gasteiger partial charge is 0.493 e. The molecule has 124 valence electrons. The zero-order valence-corrected chi connectivity index (χ0v) is 13.5. The highest BCUT2D eigenvalue weighted by molar-refractivity contribution is 5.94. The summed E-state index contributed by atoms with van der Waals surface area (Å²) in [6.07, 6.45) is 7.40. The minimum atomic E-state index is -0.115. The molecule has 0 spiro atoms. The molecule has 0 N–H and O–H groups in total. The topological polar surface area (TPSA) is 51.7 Å². The molecule has 0 bridgehead atoms. The fraction of sp³-hybridized carbons (Fsp3) is 0.368. The number of hydroxylamine groups is 2. The van der Waals surface area contributed by atoms with Gasteiger partial charge in [0.1, 0.15) is 5.75 Å². The third-order valence-electron chi connectivity index (χ3n) is 4.49. The maximum absolute atomic E-state index is 12.7. The summed E-state index contributed by atoms with van der Waals surface area (Å²) in [7, 11) is 0. The van der Waals surface area contributed by atoms with Gasteiger partial charge >= 0.3 is 0 Å². The van der Waals surface area contributed by atoms with Crippen LogP contribution in [-0.4, -0.2) is 35.7 Å². The Bertz CT molecular complexity index is 752. The van der Waals surface area contributed by atoms with Gasteiger partial charge in [-0.05, 0) is 48.6 Å². The van der Waals surface area contributed by atoms with Crippen molar-refractivity contribution in [1.29, 1.82) is 0 Å². The van der Waals surface area contributed by atoms with E-state index < -0.39 is 0 Å². The van der Waals surface area contributed by atoms with Crippen LogP contribution >= 0.6 is 0 Å². The van der Waals surface area contributed by atoms with Crippen molar-refractivity contribution >= 4 is 5.91 Å². The van der Waals surface area contributed by atoms with Gasteiger partial charge in [-0.1, -0.05) is 6.07 Å². The maximum atomic E-state index is 12.7. The second kappa shape index (κ2) is 6.61. The Morgan fingerprint density at radius 3 is 2.96 bits per heavy atom. The van der Waals surface area contributed by atoms with Crippen molar-refractivity contribution in [2.45, 2.75) is 25.7 Å². The zero-order valence-electron chi connectivity index (χ0n) is 13.5. The molecule has 1 aromatic carbocycles. The first-order chi connectivity index (χ1) is 11.8. The van der Waals surface area contributed by atoms with Gasteiger partial charge in [-0.25, -0.2) is 5.06 Å². The summed E-state index contributed by atoms with van der Waals surface area (Å²) in [4.78, 5) is 22.5. The second-order valence-electron chi connectivity index (χ2n) is 6.18. The molecule has 1 aromatic heterocycles. The van der Waals surface area contributed by atoms with E-state index >= 15 is 0 Å². The van der Waals surface area contributed by atoms with Crippen molar-refractivity contribution in [1.82, 2.24) is 10.0 Å². The lowest BCUT2D eigenvalue weighted by Gasteiger charge is -2.19. The summed E-state index contributed by atoms with van der Waals surface area (Å²) in [5, 5.41) is 1.48. The zero-order chi connectivity index (χ0) is 16.4. The fourth-order valence-electron chi connectivity index (χ4n) is 3.16. The standard InChI is InChI=1S/C19H20N2O3/c22-19(21-7-2-1-3-8-24-21)17-11-16(12-20-13-17)14-4-5-18-15(10-14)6-9-23-18/h4-5,10-13H,1-3,6-9H2. The average Bonchev–Trinajstić information content (AvgIpc) is 2.93. The molecule has 0 atom stereocenters. The van der Waals surface area contributed by atoms with E-state index in [0.717, 1.165) is 49.2 Å². The van der Waals surface area contributed by atoms with Gasteiger partial charge in [0, 0.05) is 30.9 Å². The molecule has 1 saturated heterocycles. The molecule has 0 unspecified atom stereocenters. The van der Waals surface area contributed by atoms with E-state index in [2.05, 4.69) is 11.1 Å². The van der Waals surface area contributed by atoms with E-state index in [9.17, 15) is 4.79 Å². The quantitative estimate of drug-likeness (QED) is 0.851. The Kier molecular flexibility index (Phi) is 4.17. The van der Waals surface area contributed by atoms with Crippen molar-refractivity contribution in [3.8, 4) is 16.9 Å². The number of amides is 1. The van der Waals surface area contributed by atoms with Gasteiger partial charge in [0.05, 0.1) is 18.8 Å². The van der Waals surface area contributed by atoms with E-state index in [1.54, 1.807) is 12.4 Å². The summed E-state index contributed by atoms with van der Waals surface area (Å²) < 4.78 is 5.55. The molecule has 1 fully saturated rings. The van der Waals surface area contributed by atoms with Gasteiger partial charge in [-0.3, -0.25) is 14.6 Å². The number of hydrogen-bond acceptors (Lipinski definition) is 4. The van der Waals surface area contributed by atoms with E-state index in [1.807, 2.05) is 18.2 Å². The Labute approximate surface area is 141 Å². The number of fused-ring (bicyclic) bond motifs is 1. The first-order valence-electron chi connectivity index (χ1n) is 8.47. The Morgan fingerprint density at radius 1 is 1.04 bits per heavy atom. The third-order valence-corrected chi connectivity index (χ3v) is 4.49. The Balaban J connectivity index is 1.60. The van der Waals surface area contributed by atoms with Crippen LogP contribution in [0.2, 0.25) is 0 Å². The molecule has 0 saturated carbocycles. The van der Waals surface area contributed by atoms with Gasteiger partial charge < -0.3 is 4.74 Å². The smallest absolute Gasteiger partial charge is 0.279 e. The molecule has 3 heterocycles. The number of hydrogen-bond donors (Lipinski definition) is 0. The summed E-state index contributed by atoms with van der Waals surface area (Å²) in [6, 6.07) is 8.01. The van der Waals surface area contributed by atoms with Gasteiger partial charge in [-0.15, -0.1) is 0 Å². The van der Waals surface area contributed by atoms with Crippen molar-refractivity contribution in [3.05, 3.63) is 47.8 Å². The van der Waals surface area contributed by atoms with Crippen molar-refractivity contribution in [2.75, 3.05) is 19.8 Å². The Morgan fingerprint density at radius 2 is 2.00 bits per heavy atom. The number of ether oxygens (including phenoxy) is 1. The number of carbonyl (C=O) groups excluding carboxylic acids is 1. The molecular formula is C19H20N2O3. The monoisotopic (exact) mass is 324 g/mol. The van der Waals surface area contributed by atoms with Crippen LogP contribution < -0.4 is 4.74 Å². The van der Waals surface area contributed by atoms with Gasteiger partial charge in [0.25, 0.3) is 5.91 Å². The van der Waals surface area contributed by atoms with Gasteiger partial charge in [0.15, 0.2) is 0 Å². The SMILES string of the molecule is O=C(c1cncc(-c2ccc3c(c2)CCO3)c1)N1CCCCCO1.